The van der Waals surface area contributed by atoms with Gasteiger partial charge in [-0.15, -0.1) is 0 Å². The lowest BCUT2D eigenvalue weighted by atomic mass is 10.0. The lowest BCUT2D eigenvalue weighted by molar-refractivity contribution is -0.122. The molecule has 0 saturated heterocycles. The molecule has 0 fully saturated rings. The summed E-state index contributed by atoms with van der Waals surface area (Å²) in [5, 5.41) is 7.19. The topological polar surface area (TPSA) is 170 Å². The molecule has 1 heterocycles. The van der Waals surface area contributed by atoms with Crippen LogP contribution in [0.25, 0.3) is 10.8 Å². The molecule has 0 unspecified atom stereocenters. The molecule has 13 heteroatoms. The quantitative estimate of drug-likeness (QED) is 0.111. The molecule has 244 valence electrons. The average Bonchev–Trinajstić information content (AvgIpc) is 3.06. The first-order valence-electron chi connectivity index (χ1n) is 14.8. The highest BCUT2D eigenvalue weighted by molar-refractivity contribution is 6.08. The molecule has 3 aromatic rings. The molecule has 0 saturated carbocycles. The van der Waals surface area contributed by atoms with Gasteiger partial charge in [0.2, 0.25) is 11.8 Å². The van der Waals surface area contributed by atoms with E-state index in [-0.39, 0.29) is 18.2 Å². The standard InChI is InChI=1S/C32H42N4O9/c1-40-32(39)24-9-10-30(36-23-24)45-28-8-3-5-25-26(28)6-2-7-27(25)31(38)35-14-4-13-34-29(37)11-15-41-17-19-43-21-22-44-20-18-42-16-12-33/h2-3,5-10,23H,4,11-22,33H2,1H3,(H,34,37)(H,35,38). The van der Waals surface area contributed by atoms with Gasteiger partial charge in [-0.2, -0.15) is 0 Å². The maximum atomic E-state index is 13.0. The molecule has 0 spiro atoms. The summed E-state index contributed by atoms with van der Waals surface area (Å²) in [6.07, 6.45) is 2.19. The van der Waals surface area contributed by atoms with Crippen LogP contribution in [0.5, 0.6) is 11.6 Å². The molecule has 0 atom stereocenters. The summed E-state index contributed by atoms with van der Waals surface area (Å²) < 4.78 is 32.0. The summed E-state index contributed by atoms with van der Waals surface area (Å²) in [7, 11) is 1.30. The Morgan fingerprint density at radius 1 is 0.756 bits per heavy atom. The van der Waals surface area contributed by atoms with Crippen LogP contribution in [-0.4, -0.2) is 102 Å². The van der Waals surface area contributed by atoms with E-state index in [1.165, 1.54) is 13.3 Å². The van der Waals surface area contributed by atoms with E-state index in [9.17, 15) is 14.4 Å². The number of nitrogens with two attached hydrogens (primary N) is 1. The van der Waals surface area contributed by atoms with Crippen LogP contribution in [0.4, 0.5) is 0 Å². The second kappa shape index (κ2) is 20.7. The van der Waals surface area contributed by atoms with Crippen molar-refractivity contribution in [2.45, 2.75) is 12.8 Å². The van der Waals surface area contributed by atoms with Crippen LogP contribution >= 0.6 is 0 Å². The summed E-state index contributed by atoms with van der Waals surface area (Å²) in [5.41, 5.74) is 6.14. The first kappa shape index (κ1) is 35.3. The van der Waals surface area contributed by atoms with Crippen molar-refractivity contribution in [2.24, 2.45) is 5.73 Å². The van der Waals surface area contributed by atoms with Gasteiger partial charge in [-0.3, -0.25) is 9.59 Å². The third-order valence-electron chi connectivity index (χ3n) is 6.31. The van der Waals surface area contributed by atoms with E-state index in [1.54, 1.807) is 36.4 Å². The molecule has 2 amide bonds. The minimum absolute atomic E-state index is 0.122. The van der Waals surface area contributed by atoms with Crippen LogP contribution in [-0.2, 0) is 28.5 Å². The Bertz CT molecular complexity index is 1340. The minimum atomic E-state index is -0.486. The zero-order valence-corrected chi connectivity index (χ0v) is 25.6. The van der Waals surface area contributed by atoms with Crippen LogP contribution < -0.4 is 21.1 Å². The van der Waals surface area contributed by atoms with E-state index in [0.717, 1.165) is 10.8 Å². The minimum Gasteiger partial charge on any atom is -0.465 e. The first-order chi connectivity index (χ1) is 22.0. The lowest BCUT2D eigenvalue weighted by Gasteiger charge is -2.12. The first-order valence-corrected chi connectivity index (χ1v) is 14.8. The number of nitrogens with zero attached hydrogens (tertiary/aromatic N) is 1. The maximum absolute atomic E-state index is 13.0. The molecule has 45 heavy (non-hydrogen) atoms. The fraction of sp³-hybridized carbons (Fsp3) is 0.438. The summed E-state index contributed by atoms with van der Waals surface area (Å²) in [6.45, 7) is 4.89. The predicted molar refractivity (Wildman–Crippen MR) is 167 cm³/mol. The van der Waals surface area contributed by atoms with Crippen molar-refractivity contribution in [3.05, 3.63) is 65.9 Å². The second-order valence-electron chi connectivity index (χ2n) is 9.58. The number of fused-ring (bicyclic) bond motifs is 1. The highest BCUT2D eigenvalue weighted by Crippen LogP contribution is 2.31. The van der Waals surface area contributed by atoms with Gasteiger partial charge >= 0.3 is 5.97 Å². The fourth-order valence-electron chi connectivity index (χ4n) is 4.07. The summed E-state index contributed by atoms with van der Waals surface area (Å²) in [5.74, 6) is -0.0247. The third kappa shape index (κ3) is 12.8. The van der Waals surface area contributed by atoms with Crippen molar-refractivity contribution in [3.63, 3.8) is 0 Å². The second-order valence-corrected chi connectivity index (χ2v) is 9.58. The van der Waals surface area contributed by atoms with Crippen molar-refractivity contribution in [2.75, 3.05) is 79.6 Å². The SMILES string of the molecule is COC(=O)c1ccc(Oc2cccc3c(C(=O)NCCCNC(=O)CCOCCOCCOCCOCCN)cccc23)nc1. The van der Waals surface area contributed by atoms with Crippen LogP contribution in [0.2, 0.25) is 0 Å². The number of esters is 1. The van der Waals surface area contributed by atoms with Gasteiger partial charge < -0.3 is 44.8 Å². The molecule has 2 aromatic carbocycles. The maximum Gasteiger partial charge on any atom is 0.339 e. The highest BCUT2D eigenvalue weighted by atomic mass is 16.6. The highest BCUT2D eigenvalue weighted by Gasteiger charge is 2.13. The zero-order valence-electron chi connectivity index (χ0n) is 25.6. The van der Waals surface area contributed by atoms with Gasteiger partial charge in [0, 0.05) is 49.3 Å². The average molecular weight is 627 g/mol. The Morgan fingerprint density at radius 3 is 2.07 bits per heavy atom. The van der Waals surface area contributed by atoms with Crippen LogP contribution in [0.3, 0.4) is 0 Å². The number of ether oxygens (including phenoxy) is 6. The molecule has 0 aliphatic carbocycles. The Balaban J connectivity index is 1.30. The van der Waals surface area contributed by atoms with Crippen LogP contribution in [0, 0.1) is 0 Å². The van der Waals surface area contributed by atoms with Gasteiger partial charge in [0.1, 0.15) is 5.75 Å². The molecule has 0 aliphatic heterocycles. The van der Waals surface area contributed by atoms with Crippen molar-refractivity contribution in [1.82, 2.24) is 15.6 Å². The van der Waals surface area contributed by atoms with Crippen molar-refractivity contribution in [3.8, 4) is 11.6 Å². The number of nitrogens with one attached hydrogen (secondary N) is 2. The molecule has 0 radical (unpaired) electrons. The Kier molecular flexibility index (Phi) is 16.3. The third-order valence-corrected chi connectivity index (χ3v) is 6.31. The van der Waals surface area contributed by atoms with Gasteiger partial charge in [-0.25, -0.2) is 9.78 Å². The van der Waals surface area contributed by atoms with E-state index in [1.807, 2.05) is 12.1 Å². The number of carbonyl (C=O) groups is 3. The van der Waals surface area contributed by atoms with E-state index in [2.05, 4.69) is 15.6 Å². The van der Waals surface area contributed by atoms with Crippen LogP contribution in [0.1, 0.15) is 33.6 Å². The van der Waals surface area contributed by atoms with E-state index < -0.39 is 5.97 Å². The van der Waals surface area contributed by atoms with Gasteiger partial charge in [0.25, 0.3) is 5.91 Å². The number of hydrogen-bond donors (Lipinski definition) is 3. The zero-order chi connectivity index (χ0) is 32.1. The number of hydrogen-bond acceptors (Lipinski definition) is 11. The number of methoxy groups -OCH3 is 1. The molecule has 0 aliphatic rings. The number of aromatic nitrogens is 1. The molecule has 3 rings (SSSR count). The molecule has 0 bridgehead atoms. The normalized spacial score (nSPS) is 10.9. The molecule has 13 nitrogen and oxygen atoms in total. The van der Waals surface area contributed by atoms with Crippen molar-refractivity contribution >= 4 is 28.6 Å². The monoisotopic (exact) mass is 626 g/mol. The van der Waals surface area contributed by atoms with E-state index >= 15 is 0 Å². The number of rotatable bonds is 22. The fourth-order valence-corrected chi connectivity index (χ4v) is 4.07. The predicted octanol–water partition coefficient (Wildman–Crippen LogP) is 2.47. The molecular weight excluding hydrogens is 584 g/mol. The number of amides is 2. The smallest absolute Gasteiger partial charge is 0.339 e. The Labute approximate surface area is 262 Å². The largest absolute Gasteiger partial charge is 0.465 e. The lowest BCUT2D eigenvalue weighted by Crippen LogP contribution is -2.30. The Morgan fingerprint density at radius 2 is 1.40 bits per heavy atom. The van der Waals surface area contributed by atoms with Gasteiger partial charge in [-0.05, 0) is 30.0 Å². The summed E-state index contributed by atoms with van der Waals surface area (Å²) >= 11 is 0. The number of benzene rings is 2. The summed E-state index contributed by atoms with van der Waals surface area (Å²) in [4.78, 5) is 40.8. The van der Waals surface area contributed by atoms with E-state index in [0.29, 0.717) is 102 Å². The molecular formula is C32H42N4O9. The van der Waals surface area contributed by atoms with Crippen molar-refractivity contribution < 1.29 is 42.8 Å². The molecule has 1 aromatic heterocycles. The number of pyridine rings is 1. The Hall–Kier alpha value is -4.14. The van der Waals surface area contributed by atoms with Gasteiger partial charge in [0.05, 0.1) is 65.5 Å². The van der Waals surface area contributed by atoms with E-state index in [4.69, 9.17) is 34.2 Å². The number of carbonyl (C=O) groups excluding carboxylic acids is 3. The van der Waals surface area contributed by atoms with Crippen LogP contribution in [0.15, 0.2) is 54.7 Å². The van der Waals surface area contributed by atoms with Crippen molar-refractivity contribution in [1.29, 1.82) is 0 Å². The van der Waals surface area contributed by atoms with Gasteiger partial charge in [-0.1, -0.05) is 24.3 Å². The summed E-state index contributed by atoms with van der Waals surface area (Å²) in [6, 6.07) is 13.9. The molecule has 4 N–H and O–H groups in total. The van der Waals surface area contributed by atoms with Gasteiger partial charge in [0.15, 0.2) is 0 Å².